The van der Waals surface area contributed by atoms with Crippen molar-refractivity contribution in [1.82, 2.24) is 5.32 Å². The van der Waals surface area contributed by atoms with Gasteiger partial charge in [-0.05, 0) is 31.6 Å². The van der Waals surface area contributed by atoms with E-state index in [-0.39, 0.29) is 12.5 Å². The minimum Gasteiger partial charge on any atom is -0.387 e. The fourth-order valence-corrected chi connectivity index (χ4v) is 3.39. The monoisotopic (exact) mass is 309 g/mol. The fraction of sp³-hybridized carbons (Fsp3) is 0.588. The predicted molar refractivity (Wildman–Crippen MR) is 90.7 cm³/mol. The molecule has 1 atom stereocenters. The van der Waals surface area contributed by atoms with Crippen LogP contribution in [0.4, 0.5) is 0 Å². The molecule has 0 saturated carbocycles. The number of thioether (sulfide) groups is 1. The average molecular weight is 309 g/mol. The average Bonchev–Trinajstić information content (AvgIpc) is 2.48. The third-order valence-corrected chi connectivity index (χ3v) is 4.96. The molecular formula is C17H27NO2S. The second-order valence-corrected chi connectivity index (χ2v) is 6.63. The molecule has 0 spiro atoms. The lowest BCUT2D eigenvalue weighted by Crippen LogP contribution is -2.49. The smallest absolute Gasteiger partial charge is 0.230 e. The number of amides is 1. The van der Waals surface area contributed by atoms with Gasteiger partial charge in [-0.2, -0.15) is 11.8 Å². The summed E-state index contributed by atoms with van der Waals surface area (Å²) in [6.45, 7) is 6.11. The van der Waals surface area contributed by atoms with Crippen LogP contribution >= 0.6 is 11.8 Å². The molecule has 1 unspecified atom stereocenters. The first-order valence-corrected chi connectivity index (χ1v) is 8.86. The highest BCUT2D eigenvalue weighted by Gasteiger charge is 2.37. The summed E-state index contributed by atoms with van der Waals surface area (Å²) in [5.74, 6) is 0.601. The van der Waals surface area contributed by atoms with E-state index in [9.17, 15) is 9.90 Å². The molecule has 0 aliphatic heterocycles. The van der Waals surface area contributed by atoms with Crippen molar-refractivity contribution in [2.75, 3.05) is 18.6 Å². The molecule has 118 valence electrons. The van der Waals surface area contributed by atoms with Gasteiger partial charge in [-0.3, -0.25) is 4.79 Å². The van der Waals surface area contributed by atoms with Crippen molar-refractivity contribution in [3.63, 3.8) is 0 Å². The molecule has 0 bridgehead atoms. The Bertz CT molecular complexity index is 441. The standard InChI is InChI=1S/C17H27NO2S/c1-5-17(6-2,14-10-8-7-9-11-14)15(19)18-12-16(3,20)13-21-4/h7-11,20H,5-6,12-13H2,1-4H3,(H,18,19). The highest BCUT2D eigenvalue weighted by atomic mass is 32.2. The Morgan fingerprint density at radius 2 is 1.81 bits per heavy atom. The number of carbonyl (C=O) groups excluding carboxylic acids is 1. The van der Waals surface area contributed by atoms with Crippen molar-refractivity contribution < 1.29 is 9.90 Å². The summed E-state index contributed by atoms with van der Waals surface area (Å²) in [5.41, 5.74) is -0.354. The fourth-order valence-electron chi connectivity index (χ4n) is 2.67. The number of hydrogen-bond acceptors (Lipinski definition) is 3. The quantitative estimate of drug-likeness (QED) is 0.776. The third-order valence-electron chi connectivity index (χ3n) is 4.05. The van der Waals surface area contributed by atoms with E-state index in [2.05, 4.69) is 5.32 Å². The highest BCUT2D eigenvalue weighted by Crippen LogP contribution is 2.32. The van der Waals surface area contributed by atoms with Gasteiger partial charge in [-0.15, -0.1) is 0 Å². The van der Waals surface area contributed by atoms with Gasteiger partial charge >= 0.3 is 0 Å². The van der Waals surface area contributed by atoms with Crippen LogP contribution in [0, 0.1) is 0 Å². The molecular weight excluding hydrogens is 282 g/mol. The van der Waals surface area contributed by atoms with E-state index in [0.29, 0.717) is 5.75 Å². The molecule has 1 rings (SSSR count). The topological polar surface area (TPSA) is 49.3 Å². The van der Waals surface area contributed by atoms with Gasteiger partial charge in [0.25, 0.3) is 0 Å². The van der Waals surface area contributed by atoms with Gasteiger partial charge in [0.2, 0.25) is 5.91 Å². The first-order valence-electron chi connectivity index (χ1n) is 7.47. The molecule has 3 nitrogen and oxygen atoms in total. The van der Waals surface area contributed by atoms with Crippen molar-refractivity contribution >= 4 is 17.7 Å². The van der Waals surface area contributed by atoms with E-state index in [0.717, 1.165) is 18.4 Å². The van der Waals surface area contributed by atoms with Crippen molar-refractivity contribution in [2.24, 2.45) is 0 Å². The summed E-state index contributed by atoms with van der Waals surface area (Å²) in [6, 6.07) is 9.90. The Labute approximate surface area is 132 Å². The van der Waals surface area contributed by atoms with Crippen LogP contribution in [0.1, 0.15) is 39.2 Å². The van der Waals surface area contributed by atoms with Crippen LogP contribution in [0.3, 0.4) is 0 Å². The van der Waals surface area contributed by atoms with Gasteiger partial charge in [-0.25, -0.2) is 0 Å². The lowest BCUT2D eigenvalue weighted by molar-refractivity contribution is -0.128. The molecule has 0 saturated heterocycles. The lowest BCUT2D eigenvalue weighted by atomic mass is 9.75. The van der Waals surface area contributed by atoms with Crippen LogP contribution in [0.2, 0.25) is 0 Å². The van der Waals surface area contributed by atoms with Gasteiger partial charge < -0.3 is 10.4 Å². The van der Waals surface area contributed by atoms with Crippen LogP contribution in [-0.4, -0.2) is 35.2 Å². The van der Waals surface area contributed by atoms with Crippen LogP contribution in [-0.2, 0) is 10.2 Å². The van der Waals surface area contributed by atoms with Gasteiger partial charge in [0.05, 0.1) is 11.0 Å². The Kier molecular flexibility index (Phi) is 6.75. The number of aliphatic hydroxyl groups is 1. The van der Waals surface area contributed by atoms with Gasteiger partial charge in [0, 0.05) is 12.3 Å². The van der Waals surface area contributed by atoms with Gasteiger partial charge in [0.1, 0.15) is 0 Å². The summed E-state index contributed by atoms with van der Waals surface area (Å²) < 4.78 is 0. The van der Waals surface area contributed by atoms with Crippen LogP contribution in [0.25, 0.3) is 0 Å². The Morgan fingerprint density at radius 1 is 1.24 bits per heavy atom. The zero-order chi connectivity index (χ0) is 15.9. The van der Waals surface area contributed by atoms with E-state index < -0.39 is 11.0 Å². The minimum atomic E-state index is -0.876. The summed E-state index contributed by atoms with van der Waals surface area (Å²) >= 11 is 1.57. The second-order valence-electron chi connectivity index (χ2n) is 5.77. The summed E-state index contributed by atoms with van der Waals surface area (Å²) in [7, 11) is 0. The van der Waals surface area contributed by atoms with Crippen LogP contribution < -0.4 is 5.32 Å². The lowest BCUT2D eigenvalue weighted by Gasteiger charge is -2.32. The zero-order valence-electron chi connectivity index (χ0n) is 13.5. The highest BCUT2D eigenvalue weighted by molar-refractivity contribution is 7.98. The summed E-state index contributed by atoms with van der Waals surface area (Å²) in [5, 5.41) is 13.2. The molecule has 0 aliphatic rings. The molecule has 0 radical (unpaired) electrons. The van der Waals surface area contributed by atoms with Crippen molar-refractivity contribution in [1.29, 1.82) is 0 Å². The molecule has 0 heterocycles. The Morgan fingerprint density at radius 3 is 2.29 bits per heavy atom. The normalized spacial score (nSPS) is 14.5. The summed E-state index contributed by atoms with van der Waals surface area (Å²) in [6.07, 6.45) is 3.43. The number of rotatable bonds is 8. The van der Waals surface area contributed by atoms with Crippen LogP contribution in [0.5, 0.6) is 0 Å². The van der Waals surface area contributed by atoms with Crippen LogP contribution in [0.15, 0.2) is 30.3 Å². The first kappa shape index (κ1) is 18.1. The minimum absolute atomic E-state index is 0.0000723. The van der Waals surface area contributed by atoms with E-state index in [1.54, 1.807) is 18.7 Å². The molecule has 0 fully saturated rings. The predicted octanol–water partition coefficient (Wildman–Crippen LogP) is 2.97. The number of benzene rings is 1. The SMILES string of the molecule is CCC(CC)(C(=O)NCC(C)(O)CSC)c1ccccc1. The largest absolute Gasteiger partial charge is 0.387 e. The molecule has 1 aromatic carbocycles. The molecule has 4 heteroatoms. The van der Waals surface area contributed by atoms with Crippen molar-refractivity contribution in [3.05, 3.63) is 35.9 Å². The van der Waals surface area contributed by atoms with E-state index in [4.69, 9.17) is 0 Å². The van der Waals surface area contributed by atoms with Crippen molar-refractivity contribution in [2.45, 2.75) is 44.6 Å². The maximum absolute atomic E-state index is 12.7. The summed E-state index contributed by atoms with van der Waals surface area (Å²) in [4.78, 5) is 12.7. The number of hydrogen-bond donors (Lipinski definition) is 2. The molecule has 1 aromatic rings. The van der Waals surface area contributed by atoms with E-state index >= 15 is 0 Å². The molecule has 0 aromatic heterocycles. The second kappa shape index (κ2) is 7.85. The molecule has 1 amide bonds. The van der Waals surface area contributed by atoms with E-state index in [1.807, 2.05) is 50.4 Å². The van der Waals surface area contributed by atoms with Crippen molar-refractivity contribution in [3.8, 4) is 0 Å². The maximum Gasteiger partial charge on any atom is 0.230 e. The molecule has 2 N–H and O–H groups in total. The molecule has 0 aliphatic carbocycles. The zero-order valence-corrected chi connectivity index (χ0v) is 14.3. The van der Waals surface area contributed by atoms with Gasteiger partial charge in [0.15, 0.2) is 0 Å². The van der Waals surface area contributed by atoms with Gasteiger partial charge in [-0.1, -0.05) is 44.2 Å². The third kappa shape index (κ3) is 4.48. The maximum atomic E-state index is 12.7. The Balaban J connectivity index is 2.89. The first-order chi connectivity index (χ1) is 9.91. The van der Waals surface area contributed by atoms with E-state index in [1.165, 1.54) is 0 Å². The Hall–Kier alpha value is -1.00. The number of nitrogens with one attached hydrogen (secondary N) is 1. The number of carbonyl (C=O) groups is 1. The molecule has 21 heavy (non-hydrogen) atoms.